The molecule has 0 spiro atoms. The Balaban J connectivity index is 2.70. The van der Waals surface area contributed by atoms with Crippen LogP contribution in [0.3, 0.4) is 0 Å². The van der Waals surface area contributed by atoms with Gasteiger partial charge >= 0.3 is 12.1 Å². The number of fused-ring (bicyclic) bond motifs is 1. The minimum Gasteiger partial charge on any atom is -0.433 e. The Hall–Kier alpha value is -1.52. The number of hydrogen-bond acceptors (Lipinski definition) is 2. The molecule has 0 unspecified atom stereocenters. The molecule has 0 radical (unpaired) electrons. The lowest BCUT2D eigenvalue weighted by molar-refractivity contribution is -0.156. The lowest BCUT2D eigenvalue weighted by Crippen LogP contribution is -2.11. The number of aromatic nitrogens is 1. The molecule has 0 N–H and O–H groups in total. The molecule has 0 atom stereocenters. The lowest BCUT2D eigenvalue weighted by atomic mass is 9.86. The van der Waals surface area contributed by atoms with E-state index in [1.54, 1.807) is 12.1 Å². The molecule has 1 heterocycles. The second-order valence-corrected chi connectivity index (χ2v) is 4.92. The molecule has 0 aliphatic carbocycles. The fourth-order valence-corrected chi connectivity index (χ4v) is 1.66. The second-order valence-electron chi connectivity index (χ2n) is 4.92. The number of alkyl halides is 3. The number of halogens is 3. The first-order valence-corrected chi connectivity index (χ1v) is 5.17. The van der Waals surface area contributed by atoms with Crippen molar-refractivity contribution in [2.45, 2.75) is 32.4 Å². The van der Waals surface area contributed by atoms with Crippen molar-refractivity contribution in [1.82, 2.24) is 4.98 Å². The van der Waals surface area contributed by atoms with Gasteiger partial charge < -0.3 is 4.42 Å². The van der Waals surface area contributed by atoms with E-state index in [0.717, 1.165) is 5.56 Å². The lowest BCUT2D eigenvalue weighted by Gasteiger charge is -2.18. The van der Waals surface area contributed by atoms with Crippen LogP contribution in [-0.4, -0.2) is 4.98 Å². The van der Waals surface area contributed by atoms with Gasteiger partial charge in [-0.1, -0.05) is 32.9 Å². The van der Waals surface area contributed by atoms with Crippen molar-refractivity contribution in [3.05, 3.63) is 29.7 Å². The molecule has 0 saturated heterocycles. The third-order valence-electron chi connectivity index (χ3n) is 2.47. The number of oxazole rings is 1. The van der Waals surface area contributed by atoms with E-state index in [0.29, 0.717) is 0 Å². The average Bonchev–Trinajstić information content (AvgIpc) is 2.57. The third-order valence-corrected chi connectivity index (χ3v) is 2.47. The van der Waals surface area contributed by atoms with Gasteiger partial charge in [0.15, 0.2) is 5.58 Å². The zero-order valence-corrected chi connectivity index (χ0v) is 9.72. The summed E-state index contributed by atoms with van der Waals surface area (Å²) in [6.45, 7) is 5.74. The maximum absolute atomic E-state index is 12.5. The van der Waals surface area contributed by atoms with Gasteiger partial charge in [0.1, 0.15) is 5.52 Å². The fourth-order valence-electron chi connectivity index (χ4n) is 1.66. The molecule has 0 bridgehead atoms. The van der Waals surface area contributed by atoms with Gasteiger partial charge in [0, 0.05) is 5.56 Å². The highest BCUT2D eigenvalue weighted by molar-refractivity contribution is 5.77. The average molecular weight is 243 g/mol. The van der Waals surface area contributed by atoms with Crippen molar-refractivity contribution in [1.29, 1.82) is 0 Å². The summed E-state index contributed by atoms with van der Waals surface area (Å²) < 4.78 is 42.3. The monoisotopic (exact) mass is 243 g/mol. The van der Waals surface area contributed by atoms with Gasteiger partial charge in [-0.15, -0.1) is 0 Å². The van der Waals surface area contributed by atoms with Crippen LogP contribution < -0.4 is 0 Å². The topological polar surface area (TPSA) is 26.0 Å². The summed E-state index contributed by atoms with van der Waals surface area (Å²) in [5, 5.41) is 0. The van der Waals surface area contributed by atoms with Crippen LogP contribution >= 0.6 is 0 Å². The smallest absolute Gasteiger partial charge is 0.433 e. The molecular formula is C12H12F3NO. The van der Waals surface area contributed by atoms with Crippen LogP contribution in [0.5, 0.6) is 0 Å². The van der Waals surface area contributed by atoms with E-state index in [2.05, 4.69) is 4.98 Å². The van der Waals surface area contributed by atoms with Gasteiger partial charge in [-0.2, -0.15) is 13.2 Å². The molecular weight excluding hydrogens is 231 g/mol. The SMILES string of the molecule is CC(C)(C)c1cccc2nc(C(F)(F)F)oc12. The summed E-state index contributed by atoms with van der Waals surface area (Å²) in [6.07, 6.45) is -4.55. The Kier molecular flexibility index (Phi) is 2.45. The van der Waals surface area contributed by atoms with Crippen molar-refractivity contribution in [2.75, 3.05) is 0 Å². The van der Waals surface area contributed by atoms with Gasteiger partial charge in [-0.25, -0.2) is 4.98 Å². The molecule has 0 amide bonds. The minimum absolute atomic E-state index is 0.215. The van der Waals surface area contributed by atoms with Crippen molar-refractivity contribution in [3.8, 4) is 0 Å². The molecule has 2 nitrogen and oxygen atoms in total. The van der Waals surface area contributed by atoms with Gasteiger partial charge in [0.05, 0.1) is 0 Å². The van der Waals surface area contributed by atoms with E-state index in [1.165, 1.54) is 6.07 Å². The molecule has 17 heavy (non-hydrogen) atoms. The summed E-state index contributed by atoms with van der Waals surface area (Å²) in [5.41, 5.74) is 0.886. The number of rotatable bonds is 0. The van der Waals surface area contributed by atoms with Crippen LogP contribution in [0, 0.1) is 0 Å². The normalized spacial score (nSPS) is 13.3. The maximum atomic E-state index is 12.5. The first kappa shape index (κ1) is 12.0. The largest absolute Gasteiger partial charge is 0.468 e. The molecule has 0 fully saturated rings. The van der Waals surface area contributed by atoms with E-state index in [9.17, 15) is 13.2 Å². The molecule has 5 heteroatoms. The Morgan fingerprint density at radius 1 is 1.12 bits per heavy atom. The van der Waals surface area contributed by atoms with E-state index in [1.807, 2.05) is 20.8 Å². The zero-order chi connectivity index (χ0) is 12.8. The van der Waals surface area contributed by atoms with E-state index in [4.69, 9.17) is 4.42 Å². The van der Waals surface area contributed by atoms with Gasteiger partial charge in [-0.3, -0.25) is 0 Å². The van der Waals surface area contributed by atoms with E-state index in [-0.39, 0.29) is 16.5 Å². The quantitative estimate of drug-likeness (QED) is 0.694. The second kappa shape index (κ2) is 3.48. The Morgan fingerprint density at radius 2 is 1.76 bits per heavy atom. The van der Waals surface area contributed by atoms with Crippen LogP contribution in [-0.2, 0) is 11.6 Å². The molecule has 1 aromatic heterocycles. The molecule has 2 aromatic rings. The van der Waals surface area contributed by atoms with E-state index >= 15 is 0 Å². The maximum Gasteiger partial charge on any atom is 0.468 e. The first-order chi connectivity index (χ1) is 7.69. The summed E-state index contributed by atoms with van der Waals surface area (Å²) in [4.78, 5) is 3.47. The predicted molar refractivity (Wildman–Crippen MR) is 57.7 cm³/mol. The van der Waals surface area contributed by atoms with Crippen LogP contribution in [0.2, 0.25) is 0 Å². The standard InChI is InChI=1S/C12H12F3NO/c1-11(2,3)7-5-4-6-8-9(7)17-10(16-8)12(13,14)15/h4-6H,1-3H3. The molecule has 2 rings (SSSR count). The molecule has 0 aliphatic rings. The van der Waals surface area contributed by atoms with Crippen LogP contribution in [0.4, 0.5) is 13.2 Å². The molecule has 92 valence electrons. The first-order valence-electron chi connectivity index (χ1n) is 5.17. The van der Waals surface area contributed by atoms with Crippen molar-refractivity contribution in [3.63, 3.8) is 0 Å². The molecule has 1 aromatic carbocycles. The Morgan fingerprint density at radius 3 is 2.29 bits per heavy atom. The Bertz CT molecular complexity index is 549. The highest BCUT2D eigenvalue weighted by Gasteiger charge is 2.38. The van der Waals surface area contributed by atoms with Crippen LogP contribution in [0.1, 0.15) is 32.2 Å². The summed E-state index contributed by atoms with van der Waals surface area (Å²) in [5.74, 6) is -1.19. The zero-order valence-electron chi connectivity index (χ0n) is 9.72. The van der Waals surface area contributed by atoms with Crippen molar-refractivity contribution in [2.24, 2.45) is 0 Å². The third kappa shape index (κ3) is 2.14. The highest BCUT2D eigenvalue weighted by Crippen LogP contribution is 2.35. The predicted octanol–water partition coefficient (Wildman–Crippen LogP) is 4.14. The van der Waals surface area contributed by atoms with Crippen molar-refractivity contribution >= 4 is 11.1 Å². The van der Waals surface area contributed by atoms with Crippen LogP contribution in [0.15, 0.2) is 22.6 Å². The molecule has 0 saturated carbocycles. The summed E-state index contributed by atoms with van der Waals surface area (Å²) in [7, 11) is 0. The van der Waals surface area contributed by atoms with Gasteiger partial charge in [0.25, 0.3) is 0 Å². The Labute approximate surface area is 96.4 Å². The summed E-state index contributed by atoms with van der Waals surface area (Å²) >= 11 is 0. The van der Waals surface area contributed by atoms with Gasteiger partial charge in [-0.05, 0) is 11.5 Å². The van der Waals surface area contributed by atoms with E-state index < -0.39 is 12.1 Å². The van der Waals surface area contributed by atoms with Crippen molar-refractivity contribution < 1.29 is 17.6 Å². The molecule has 0 aliphatic heterocycles. The number of benzene rings is 1. The number of para-hydroxylation sites is 1. The highest BCUT2D eigenvalue weighted by atomic mass is 19.4. The summed E-state index contributed by atoms with van der Waals surface area (Å²) in [6, 6.07) is 4.96. The van der Waals surface area contributed by atoms with Crippen LogP contribution in [0.25, 0.3) is 11.1 Å². The fraction of sp³-hybridized carbons (Fsp3) is 0.417. The number of hydrogen-bond donors (Lipinski definition) is 0. The number of nitrogens with zero attached hydrogens (tertiary/aromatic N) is 1. The van der Waals surface area contributed by atoms with Gasteiger partial charge in [0.2, 0.25) is 0 Å². The minimum atomic E-state index is -4.55.